The van der Waals surface area contributed by atoms with Crippen LogP contribution in [0.1, 0.15) is 40.4 Å². The van der Waals surface area contributed by atoms with Crippen molar-refractivity contribution >= 4 is 5.91 Å². The Balaban J connectivity index is 1.80. The number of carbonyl (C=O) groups is 1. The number of aliphatic hydroxyl groups excluding tert-OH is 1. The van der Waals surface area contributed by atoms with E-state index in [0.29, 0.717) is 24.0 Å². The number of nitrogens with one attached hydrogen (secondary N) is 1. The van der Waals surface area contributed by atoms with Crippen LogP contribution in [0.15, 0.2) is 30.6 Å². The molecule has 2 aromatic rings. The molecule has 1 saturated carbocycles. The van der Waals surface area contributed by atoms with Crippen molar-refractivity contribution in [2.45, 2.75) is 31.9 Å². The SMILES string of the molecule is Cc1ccc(C(=O)N[C@H](c2cnn(C)c2)C2CC(O)C2)cc1F. The summed E-state index contributed by atoms with van der Waals surface area (Å²) in [5, 5.41) is 16.7. The third kappa shape index (κ3) is 3.27. The van der Waals surface area contributed by atoms with E-state index in [4.69, 9.17) is 0 Å². The number of amides is 1. The average molecular weight is 317 g/mol. The van der Waals surface area contributed by atoms with E-state index in [1.807, 2.05) is 13.2 Å². The minimum Gasteiger partial charge on any atom is -0.393 e. The van der Waals surface area contributed by atoms with Gasteiger partial charge in [0.05, 0.1) is 18.3 Å². The summed E-state index contributed by atoms with van der Waals surface area (Å²) in [4.78, 5) is 12.5. The maximum atomic E-state index is 13.7. The zero-order chi connectivity index (χ0) is 16.6. The van der Waals surface area contributed by atoms with Crippen molar-refractivity contribution in [1.29, 1.82) is 0 Å². The molecule has 6 heteroatoms. The van der Waals surface area contributed by atoms with Crippen LogP contribution in [-0.4, -0.2) is 26.9 Å². The molecule has 0 saturated heterocycles. The van der Waals surface area contributed by atoms with E-state index in [-0.39, 0.29) is 24.0 Å². The van der Waals surface area contributed by atoms with E-state index in [9.17, 15) is 14.3 Å². The Hall–Kier alpha value is -2.21. The van der Waals surface area contributed by atoms with Gasteiger partial charge in [0.25, 0.3) is 5.91 Å². The predicted molar refractivity (Wildman–Crippen MR) is 83.3 cm³/mol. The summed E-state index contributed by atoms with van der Waals surface area (Å²) in [5.41, 5.74) is 1.69. The molecule has 1 aromatic carbocycles. The fraction of sp³-hybridized carbons (Fsp3) is 0.412. The number of aromatic nitrogens is 2. The van der Waals surface area contributed by atoms with E-state index < -0.39 is 5.82 Å². The second-order valence-corrected chi connectivity index (χ2v) is 6.25. The van der Waals surface area contributed by atoms with Crippen LogP contribution in [0, 0.1) is 18.7 Å². The summed E-state index contributed by atoms with van der Waals surface area (Å²) in [6, 6.07) is 4.23. The van der Waals surface area contributed by atoms with Crippen LogP contribution in [0.3, 0.4) is 0 Å². The molecule has 1 amide bonds. The summed E-state index contributed by atoms with van der Waals surface area (Å²) in [5.74, 6) is -0.553. The second kappa shape index (κ2) is 6.12. The maximum absolute atomic E-state index is 13.7. The van der Waals surface area contributed by atoms with Crippen molar-refractivity contribution in [2.24, 2.45) is 13.0 Å². The van der Waals surface area contributed by atoms with Gasteiger partial charge < -0.3 is 10.4 Å². The highest BCUT2D eigenvalue weighted by molar-refractivity contribution is 5.94. The zero-order valence-corrected chi connectivity index (χ0v) is 13.2. The summed E-state index contributed by atoms with van der Waals surface area (Å²) < 4.78 is 15.3. The van der Waals surface area contributed by atoms with Crippen LogP contribution >= 0.6 is 0 Å². The number of aliphatic hydroxyl groups is 1. The van der Waals surface area contributed by atoms with E-state index >= 15 is 0 Å². The Bertz CT molecular complexity index is 722. The first-order chi connectivity index (χ1) is 10.9. The quantitative estimate of drug-likeness (QED) is 0.907. The van der Waals surface area contributed by atoms with Gasteiger partial charge in [-0.15, -0.1) is 0 Å². The Morgan fingerprint density at radius 2 is 2.22 bits per heavy atom. The summed E-state index contributed by atoms with van der Waals surface area (Å²) in [6.07, 6.45) is 4.54. The van der Waals surface area contributed by atoms with Crippen LogP contribution < -0.4 is 5.32 Å². The smallest absolute Gasteiger partial charge is 0.251 e. The summed E-state index contributed by atoms with van der Waals surface area (Å²) in [7, 11) is 1.81. The van der Waals surface area contributed by atoms with Crippen molar-refractivity contribution in [2.75, 3.05) is 0 Å². The Morgan fingerprint density at radius 1 is 1.48 bits per heavy atom. The number of hydrogen-bond donors (Lipinski definition) is 2. The van der Waals surface area contributed by atoms with Crippen LogP contribution in [0.2, 0.25) is 0 Å². The highest BCUT2D eigenvalue weighted by atomic mass is 19.1. The highest BCUT2D eigenvalue weighted by Crippen LogP contribution is 2.38. The molecule has 0 aliphatic heterocycles. The van der Waals surface area contributed by atoms with Crippen LogP contribution in [-0.2, 0) is 7.05 Å². The third-order valence-corrected chi connectivity index (χ3v) is 4.43. The molecule has 3 rings (SSSR count). The molecule has 0 spiro atoms. The molecule has 0 bridgehead atoms. The first-order valence-corrected chi connectivity index (χ1v) is 7.67. The lowest BCUT2D eigenvalue weighted by Crippen LogP contribution is -2.41. The van der Waals surface area contributed by atoms with Crippen molar-refractivity contribution in [3.63, 3.8) is 0 Å². The minimum absolute atomic E-state index is 0.161. The lowest BCUT2D eigenvalue weighted by molar-refractivity contribution is 0.0235. The molecule has 0 unspecified atom stereocenters. The lowest BCUT2D eigenvalue weighted by atomic mass is 9.75. The van der Waals surface area contributed by atoms with Crippen LogP contribution in [0.25, 0.3) is 0 Å². The average Bonchev–Trinajstić information content (AvgIpc) is 2.91. The molecular formula is C17H20FN3O2. The zero-order valence-electron chi connectivity index (χ0n) is 13.2. The molecule has 122 valence electrons. The first-order valence-electron chi connectivity index (χ1n) is 7.67. The van der Waals surface area contributed by atoms with Crippen molar-refractivity contribution in [1.82, 2.24) is 15.1 Å². The van der Waals surface area contributed by atoms with Crippen molar-refractivity contribution in [3.05, 3.63) is 53.1 Å². The third-order valence-electron chi connectivity index (χ3n) is 4.43. The summed E-state index contributed by atoms with van der Waals surface area (Å²) >= 11 is 0. The summed E-state index contributed by atoms with van der Waals surface area (Å²) in [6.45, 7) is 1.66. The van der Waals surface area contributed by atoms with Gasteiger partial charge in [-0.25, -0.2) is 4.39 Å². The largest absolute Gasteiger partial charge is 0.393 e. The van der Waals surface area contributed by atoms with Gasteiger partial charge in [-0.2, -0.15) is 5.10 Å². The van der Waals surface area contributed by atoms with Gasteiger partial charge in [-0.3, -0.25) is 9.48 Å². The number of benzene rings is 1. The van der Waals surface area contributed by atoms with Crippen molar-refractivity contribution < 1.29 is 14.3 Å². The van der Waals surface area contributed by atoms with E-state index in [2.05, 4.69) is 10.4 Å². The topological polar surface area (TPSA) is 67.2 Å². The van der Waals surface area contributed by atoms with Gasteiger partial charge in [0.15, 0.2) is 0 Å². The standard InChI is InChI=1S/C17H20FN3O2/c1-10-3-4-11(7-15(10)18)17(23)20-16(12-5-14(22)6-12)13-8-19-21(2)9-13/h3-4,7-9,12,14,16,22H,5-6H2,1-2H3,(H,20,23)/t12?,14?,16-/m0/s1. The molecule has 1 heterocycles. The predicted octanol–water partition coefficient (Wildman–Crippen LogP) is 2.11. The highest BCUT2D eigenvalue weighted by Gasteiger charge is 2.36. The number of aryl methyl sites for hydroxylation is 2. The maximum Gasteiger partial charge on any atom is 0.251 e. The molecule has 1 atom stereocenters. The Labute approximate surface area is 134 Å². The fourth-order valence-corrected chi connectivity index (χ4v) is 2.93. The van der Waals surface area contributed by atoms with Crippen LogP contribution in [0.5, 0.6) is 0 Å². The molecule has 23 heavy (non-hydrogen) atoms. The van der Waals surface area contributed by atoms with E-state index in [1.54, 1.807) is 29.9 Å². The van der Waals surface area contributed by atoms with Gasteiger partial charge in [-0.1, -0.05) is 6.07 Å². The molecule has 5 nitrogen and oxygen atoms in total. The van der Waals surface area contributed by atoms with E-state index in [1.165, 1.54) is 6.07 Å². The molecule has 1 aromatic heterocycles. The lowest BCUT2D eigenvalue weighted by Gasteiger charge is -2.37. The number of halogens is 1. The monoisotopic (exact) mass is 317 g/mol. The first kappa shape index (κ1) is 15.7. The number of rotatable bonds is 4. The molecule has 1 aliphatic rings. The molecule has 0 radical (unpaired) electrons. The van der Waals surface area contributed by atoms with Crippen LogP contribution in [0.4, 0.5) is 4.39 Å². The number of hydrogen-bond acceptors (Lipinski definition) is 3. The van der Waals surface area contributed by atoms with E-state index in [0.717, 1.165) is 5.56 Å². The van der Waals surface area contributed by atoms with Gasteiger partial charge in [-0.05, 0) is 43.4 Å². The minimum atomic E-state index is -0.394. The molecule has 1 aliphatic carbocycles. The second-order valence-electron chi connectivity index (χ2n) is 6.25. The van der Waals surface area contributed by atoms with Gasteiger partial charge >= 0.3 is 0 Å². The fourth-order valence-electron chi connectivity index (χ4n) is 2.93. The molecule has 1 fully saturated rings. The number of nitrogens with zero attached hydrogens (tertiary/aromatic N) is 2. The van der Waals surface area contributed by atoms with Gasteiger partial charge in [0, 0.05) is 24.4 Å². The van der Waals surface area contributed by atoms with Gasteiger partial charge in [0.1, 0.15) is 5.82 Å². The van der Waals surface area contributed by atoms with Crippen molar-refractivity contribution in [3.8, 4) is 0 Å². The molecular weight excluding hydrogens is 297 g/mol. The van der Waals surface area contributed by atoms with Gasteiger partial charge in [0.2, 0.25) is 0 Å². The number of carbonyl (C=O) groups excluding carboxylic acids is 1. The molecule has 2 N–H and O–H groups in total. The Kier molecular flexibility index (Phi) is 4.17. The normalized spacial score (nSPS) is 21.6. The Morgan fingerprint density at radius 3 is 2.78 bits per heavy atom.